The third-order valence-electron chi connectivity index (χ3n) is 2.69. The zero-order valence-electron chi connectivity index (χ0n) is 11.6. The summed E-state index contributed by atoms with van der Waals surface area (Å²) >= 11 is 3.20. The van der Waals surface area contributed by atoms with E-state index in [4.69, 9.17) is 0 Å². The second kappa shape index (κ2) is 7.40. The van der Waals surface area contributed by atoms with Crippen LogP contribution in [0, 0.1) is 6.92 Å². The first-order valence-corrected chi connectivity index (χ1v) is 8.31. The molecule has 4 nitrogen and oxygen atoms in total. The summed E-state index contributed by atoms with van der Waals surface area (Å²) in [5.41, 5.74) is 1.96. The van der Waals surface area contributed by atoms with Crippen molar-refractivity contribution in [3.05, 3.63) is 46.2 Å². The minimum atomic E-state index is 0.122. The lowest BCUT2D eigenvalue weighted by molar-refractivity contribution is -0.127. The Labute approximate surface area is 127 Å². The predicted molar refractivity (Wildman–Crippen MR) is 83.7 cm³/mol. The fourth-order valence-corrected chi connectivity index (χ4v) is 3.13. The molecule has 20 heavy (non-hydrogen) atoms. The molecule has 0 aliphatic rings. The van der Waals surface area contributed by atoms with Gasteiger partial charge in [0.2, 0.25) is 5.91 Å². The SMILES string of the molecule is Cc1nc(CN(C)C(=O)CSCc2ccccn2)cs1. The molecule has 0 aliphatic heterocycles. The summed E-state index contributed by atoms with van der Waals surface area (Å²) in [6, 6.07) is 5.82. The van der Waals surface area contributed by atoms with Crippen LogP contribution in [0.4, 0.5) is 0 Å². The van der Waals surface area contributed by atoms with Crippen LogP contribution in [-0.2, 0) is 17.1 Å². The summed E-state index contributed by atoms with van der Waals surface area (Å²) in [5.74, 6) is 1.35. The molecule has 0 fully saturated rings. The van der Waals surface area contributed by atoms with E-state index in [2.05, 4.69) is 9.97 Å². The molecule has 2 rings (SSSR count). The Balaban J connectivity index is 1.74. The monoisotopic (exact) mass is 307 g/mol. The number of nitrogens with zero attached hydrogens (tertiary/aromatic N) is 3. The zero-order valence-corrected chi connectivity index (χ0v) is 13.2. The van der Waals surface area contributed by atoms with Gasteiger partial charge in [0.25, 0.3) is 0 Å². The quantitative estimate of drug-likeness (QED) is 0.823. The molecular weight excluding hydrogens is 290 g/mol. The second-order valence-corrected chi connectivity index (χ2v) is 6.47. The van der Waals surface area contributed by atoms with Crippen molar-refractivity contribution in [2.45, 2.75) is 19.2 Å². The molecule has 2 aromatic rings. The maximum absolute atomic E-state index is 12.0. The first-order valence-electron chi connectivity index (χ1n) is 6.28. The molecule has 0 N–H and O–H groups in total. The van der Waals surface area contributed by atoms with Gasteiger partial charge in [0.15, 0.2) is 0 Å². The summed E-state index contributed by atoms with van der Waals surface area (Å²) in [6.45, 7) is 2.55. The van der Waals surface area contributed by atoms with E-state index in [1.807, 2.05) is 37.6 Å². The Morgan fingerprint density at radius 3 is 2.90 bits per heavy atom. The van der Waals surface area contributed by atoms with Crippen LogP contribution in [0.15, 0.2) is 29.8 Å². The van der Waals surface area contributed by atoms with Crippen molar-refractivity contribution in [3.63, 3.8) is 0 Å². The van der Waals surface area contributed by atoms with Crippen molar-refractivity contribution in [2.75, 3.05) is 12.8 Å². The van der Waals surface area contributed by atoms with Crippen LogP contribution in [0.25, 0.3) is 0 Å². The zero-order chi connectivity index (χ0) is 14.4. The van der Waals surface area contributed by atoms with Gasteiger partial charge in [-0.1, -0.05) is 6.07 Å². The smallest absolute Gasteiger partial charge is 0.232 e. The Kier molecular flexibility index (Phi) is 5.55. The maximum Gasteiger partial charge on any atom is 0.232 e. The molecule has 0 unspecified atom stereocenters. The Morgan fingerprint density at radius 1 is 1.40 bits per heavy atom. The number of thiazole rings is 1. The van der Waals surface area contributed by atoms with Crippen LogP contribution in [0.3, 0.4) is 0 Å². The molecule has 106 valence electrons. The van der Waals surface area contributed by atoms with Gasteiger partial charge in [-0.2, -0.15) is 0 Å². The molecule has 0 aromatic carbocycles. The number of aromatic nitrogens is 2. The molecule has 2 heterocycles. The third-order valence-corrected chi connectivity index (χ3v) is 4.47. The van der Waals surface area contributed by atoms with Crippen LogP contribution in [-0.4, -0.2) is 33.6 Å². The van der Waals surface area contributed by atoms with Crippen molar-refractivity contribution in [3.8, 4) is 0 Å². The first kappa shape index (κ1) is 15.0. The van der Waals surface area contributed by atoms with Gasteiger partial charge in [0, 0.05) is 24.4 Å². The average Bonchev–Trinajstić information content (AvgIpc) is 2.85. The van der Waals surface area contributed by atoms with Gasteiger partial charge in [-0.25, -0.2) is 4.98 Å². The van der Waals surface area contributed by atoms with Crippen LogP contribution in [0.1, 0.15) is 16.4 Å². The highest BCUT2D eigenvalue weighted by atomic mass is 32.2. The highest BCUT2D eigenvalue weighted by Gasteiger charge is 2.11. The van der Waals surface area contributed by atoms with E-state index in [9.17, 15) is 4.79 Å². The molecule has 0 saturated carbocycles. The first-order chi connectivity index (χ1) is 9.65. The van der Waals surface area contributed by atoms with E-state index < -0.39 is 0 Å². The number of hydrogen-bond acceptors (Lipinski definition) is 5. The summed E-state index contributed by atoms with van der Waals surface area (Å²) < 4.78 is 0. The lowest BCUT2D eigenvalue weighted by atomic mass is 10.4. The van der Waals surface area contributed by atoms with Crippen molar-refractivity contribution < 1.29 is 4.79 Å². The topological polar surface area (TPSA) is 46.1 Å². The number of pyridine rings is 1. The number of rotatable bonds is 6. The number of hydrogen-bond donors (Lipinski definition) is 0. The fraction of sp³-hybridized carbons (Fsp3) is 0.357. The predicted octanol–water partition coefficient (Wildman–Crippen LogP) is 2.74. The van der Waals surface area contributed by atoms with Gasteiger partial charge in [0.05, 0.1) is 28.7 Å². The van der Waals surface area contributed by atoms with Crippen LogP contribution >= 0.6 is 23.1 Å². The Hall–Kier alpha value is -1.40. The van der Waals surface area contributed by atoms with Crippen molar-refractivity contribution in [1.82, 2.24) is 14.9 Å². The number of carbonyl (C=O) groups is 1. The van der Waals surface area contributed by atoms with E-state index in [1.54, 1.807) is 34.2 Å². The molecule has 0 saturated heterocycles. The van der Waals surface area contributed by atoms with Crippen LogP contribution in [0.5, 0.6) is 0 Å². The number of thioether (sulfide) groups is 1. The molecule has 0 aliphatic carbocycles. The van der Waals surface area contributed by atoms with Gasteiger partial charge in [-0.05, 0) is 19.1 Å². The van der Waals surface area contributed by atoms with E-state index in [0.717, 1.165) is 22.1 Å². The highest BCUT2D eigenvalue weighted by molar-refractivity contribution is 7.99. The number of amides is 1. The minimum Gasteiger partial charge on any atom is -0.339 e. The summed E-state index contributed by atoms with van der Waals surface area (Å²) in [4.78, 5) is 22.3. The molecular formula is C14H17N3OS2. The molecule has 0 bridgehead atoms. The molecule has 1 amide bonds. The van der Waals surface area contributed by atoms with Gasteiger partial charge in [-0.15, -0.1) is 23.1 Å². The summed E-state index contributed by atoms with van der Waals surface area (Å²) in [7, 11) is 1.82. The third kappa shape index (κ3) is 4.61. The molecule has 0 radical (unpaired) electrons. The van der Waals surface area contributed by atoms with Gasteiger partial charge >= 0.3 is 0 Å². The van der Waals surface area contributed by atoms with E-state index in [0.29, 0.717) is 12.3 Å². The normalized spacial score (nSPS) is 10.5. The maximum atomic E-state index is 12.0. The fourth-order valence-electron chi connectivity index (χ4n) is 1.65. The Morgan fingerprint density at radius 2 is 2.25 bits per heavy atom. The number of aryl methyl sites for hydroxylation is 1. The van der Waals surface area contributed by atoms with Crippen molar-refractivity contribution in [1.29, 1.82) is 0 Å². The summed E-state index contributed by atoms with van der Waals surface area (Å²) in [6.07, 6.45) is 1.77. The standard InChI is InChI=1S/C14H17N3OS2/c1-11-16-13(9-20-11)7-17(2)14(18)10-19-8-12-5-3-4-6-15-12/h3-6,9H,7-8,10H2,1-2H3. The van der Waals surface area contributed by atoms with E-state index >= 15 is 0 Å². The van der Waals surface area contributed by atoms with Crippen molar-refractivity contribution in [2.24, 2.45) is 0 Å². The Bertz CT molecular complexity index is 557. The second-order valence-electron chi connectivity index (χ2n) is 4.42. The van der Waals surface area contributed by atoms with E-state index in [1.165, 1.54) is 0 Å². The van der Waals surface area contributed by atoms with Gasteiger partial charge < -0.3 is 4.90 Å². The minimum absolute atomic E-state index is 0.122. The largest absolute Gasteiger partial charge is 0.339 e. The highest BCUT2D eigenvalue weighted by Crippen LogP contribution is 2.13. The van der Waals surface area contributed by atoms with Gasteiger partial charge in [-0.3, -0.25) is 9.78 Å². The lowest BCUT2D eigenvalue weighted by Gasteiger charge is -2.15. The number of carbonyl (C=O) groups excluding carboxylic acids is 1. The summed E-state index contributed by atoms with van der Waals surface area (Å²) in [5, 5.41) is 3.03. The molecule has 0 spiro atoms. The lowest BCUT2D eigenvalue weighted by Crippen LogP contribution is -2.28. The van der Waals surface area contributed by atoms with Crippen LogP contribution < -0.4 is 0 Å². The average molecular weight is 307 g/mol. The molecule has 2 aromatic heterocycles. The van der Waals surface area contributed by atoms with Crippen LogP contribution in [0.2, 0.25) is 0 Å². The molecule has 6 heteroatoms. The van der Waals surface area contributed by atoms with Crippen molar-refractivity contribution >= 4 is 29.0 Å². The van der Waals surface area contributed by atoms with Gasteiger partial charge in [0.1, 0.15) is 0 Å². The molecule has 0 atom stereocenters. The van der Waals surface area contributed by atoms with E-state index in [-0.39, 0.29) is 5.91 Å².